The minimum atomic E-state index is 0.239. The van der Waals surface area contributed by atoms with Crippen molar-refractivity contribution in [1.29, 1.82) is 0 Å². The van der Waals surface area contributed by atoms with Crippen molar-refractivity contribution >= 4 is 16.9 Å². The molecule has 1 fully saturated rings. The molecule has 0 saturated heterocycles. The summed E-state index contributed by atoms with van der Waals surface area (Å²) in [6.45, 7) is 6.13. The first-order valence-electron chi connectivity index (χ1n) is 9.35. The lowest BCUT2D eigenvalue weighted by molar-refractivity contribution is -0.125. The number of carbonyl (C=O) groups excluding carboxylic acids is 1. The van der Waals surface area contributed by atoms with Crippen LogP contribution in [0.25, 0.3) is 11.0 Å². The van der Waals surface area contributed by atoms with Gasteiger partial charge in [0.25, 0.3) is 0 Å². The number of carbonyl (C=O) groups is 1. The van der Waals surface area contributed by atoms with Crippen molar-refractivity contribution in [3.8, 4) is 0 Å². The predicted molar refractivity (Wildman–Crippen MR) is 97.9 cm³/mol. The average Bonchev–Trinajstić information content (AvgIpc) is 2.93. The summed E-state index contributed by atoms with van der Waals surface area (Å²) in [5, 5.41) is 4.36. The molecule has 3 rings (SSSR count). The molecule has 0 unspecified atom stereocenters. The van der Waals surface area contributed by atoms with Gasteiger partial charge < -0.3 is 9.88 Å². The van der Waals surface area contributed by atoms with Gasteiger partial charge in [-0.1, -0.05) is 33.1 Å². The Morgan fingerprint density at radius 3 is 2.88 bits per heavy atom. The van der Waals surface area contributed by atoms with Gasteiger partial charge in [-0.25, -0.2) is 4.98 Å². The summed E-state index contributed by atoms with van der Waals surface area (Å²) >= 11 is 0. The molecule has 0 radical (unpaired) electrons. The third kappa shape index (κ3) is 3.97. The van der Waals surface area contributed by atoms with Crippen LogP contribution in [-0.2, 0) is 17.8 Å². The Labute approximate surface area is 144 Å². The van der Waals surface area contributed by atoms with E-state index in [-0.39, 0.29) is 11.8 Å². The SMILES string of the molecule is CC(C)Cn1cc(CCNC(=O)C2CCCCC2)c2cccnc21. The van der Waals surface area contributed by atoms with Crippen molar-refractivity contribution in [1.82, 2.24) is 14.9 Å². The molecular weight excluding hydrogens is 298 g/mol. The Bertz CT molecular complexity index is 683. The standard InChI is InChI=1S/C20H29N3O/c1-15(2)13-23-14-17(18-9-6-11-21-19(18)23)10-12-22-20(24)16-7-4-3-5-8-16/h6,9,11,14-16H,3-5,7-8,10,12-13H2,1-2H3,(H,22,24). The molecule has 0 spiro atoms. The number of hydrogen-bond acceptors (Lipinski definition) is 2. The Hall–Kier alpha value is -1.84. The summed E-state index contributed by atoms with van der Waals surface area (Å²) in [5.74, 6) is 1.07. The molecule has 4 nitrogen and oxygen atoms in total. The molecule has 0 aliphatic heterocycles. The largest absolute Gasteiger partial charge is 0.356 e. The van der Waals surface area contributed by atoms with Gasteiger partial charge in [0.05, 0.1) is 0 Å². The monoisotopic (exact) mass is 327 g/mol. The van der Waals surface area contributed by atoms with Crippen LogP contribution in [0.4, 0.5) is 0 Å². The first-order chi connectivity index (χ1) is 11.6. The Morgan fingerprint density at radius 1 is 1.33 bits per heavy atom. The van der Waals surface area contributed by atoms with Crippen molar-refractivity contribution in [2.45, 2.75) is 58.9 Å². The van der Waals surface area contributed by atoms with Crippen molar-refractivity contribution in [2.75, 3.05) is 6.54 Å². The van der Waals surface area contributed by atoms with E-state index in [0.29, 0.717) is 12.5 Å². The van der Waals surface area contributed by atoms with Crippen LogP contribution in [0.5, 0.6) is 0 Å². The molecule has 1 amide bonds. The van der Waals surface area contributed by atoms with Crippen LogP contribution in [0, 0.1) is 11.8 Å². The topological polar surface area (TPSA) is 46.9 Å². The van der Waals surface area contributed by atoms with Crippen LogP contribution in [0.3, 0.4) is 0 Å². The zero-order chi connectivity index (χ0) is 16.9. The molecule has 2 aromatic heterocycles. The van der Waals surface area contributed by atoms with Crippen LogP contribution in [0.1, 0.15) is 51.5 Å². The summed E-state index contributed by atoms with van der Waals surface area (Å²) in [7, 11) is 0. The molecule has 2 aromatic rings. The Kier molecular flexibility index (Phi) is 5.54. The third-order valence-electron chi connectivity index (χ3n) is 4.95. The molecule has 1 N–H and O–H groups in total. The molecular formula is C20H29N3O. The van der Waals surface area contributed by atoms with E-state index in [1.807, 2.05) is 12.3 Å². The molecule has 4 heteroatoms. The van der Waals surface area contributed by atoms with E-state index in [1.165, 1.54) is 30.2 Å². The van der Waals surface area contributed by atoms with Crippen LogP contribution in [0.2, 0.25) is 0 Å². The van der Waals surface area contributed by atoms with E-state index in [0.717, 1.165) is 31.5 Å². The molecule has 0 bridgehead atoms. The smallest absolute Gasteiger partial charge is 0.223 e. The molecule has 0 atom stereocenters. The second kappa shape index (κ2) is 7.82. The summed E-state index contributed by atoms with van der Waals surface area (Å²) in [6, 6.07) is 4.13. The van der Waals surface area contributed by atoms with Gasteiger partial charge in [-0.15, -0.1) is 0 Å². The highest BCUT2D eigenvalue weighted by Gasteiger charge is 2.20. The highest BCUT2D eigenvalue weighted by atomic mass is 16.1. The normalized spacial score (nSPS) is 16.0. The molecule has 1 saturated carbocycles. The van der Waals surface area contributed by atoms with Gasteiger partial charge in [-0.2, -0.15) is 0 Å². The number of hydrogen-bond donors (Lipinski definition) is 1. The zero-order valence-electron chi connectivity index (χ0n) is 14.9. The highest BCUT2D eigenvalue weighted by molar-refractivity contribution is 5.81. The van der Waals surface area contributed by atoms with E-state index in [9.17, 15) is 4.79 Å². The number of fused-ring (bicyclic) bond motifs is 1. The van der Waals surface area contributed by atoms with Crippen LogP contribution >= 0.6 is 0 Å². The minimum Gasteiger partial charge on any atom is -0.356 e. The fourth-order valence-corrected chi connectivity index (χ4v) is 3.76. The van der Waals surface area contributed by atoms with Gasteiger partial charge in [-0.05, 0) is 42.9 Å². The Morgan fingerprint density at radius 2 is 2.12 bits per heavy atom. The number of rotatable bonds is 6. The minimum absolute atomic E-state index is 0.239. The zero-order valence-corrected chi connectivity index (χ0v) is 14.9. The lowest BCUT2D eigenvalue weighted by atomic mass is 9.88. The molecule has 2 heterocycles. The van der Waals surface area contributed by atoms with Gasteiger partial charge in [0.1, 0.15) is 5.65 Å². The molecule has 24 heavy (non-hydrogen) atoms. The summed E-state index contributed by atoms with van der Waals surface area (Å²) in [5.41, 5.74) is 2.34. The highest BCUT2D eigenvalue weighted by Crippen LogP contribution is 2.24. The van der Waals surface area contributed by atoms with Gasteiger partial charge in [0.2, 0.25) is 5.91 Å². The van der Waals surface area contributed by atoms with Gasteiger partial charge >= 0.3 is 0 Å². The summed E-state index contributed by atoms with van der Waals surface area (Å²) in [6.07, 6.45) is 10.7. The first kappa shape index (κ1) is 17.0. The quantitative estimate of drug-likeness (QED) is 0.874. The van der Waals surface area contributed by atoms with E-state index >= 15 is 0 Å². The fourth-order valence-electron chi connectivity index (χ4n) is 3.76. The van der Waals surface area contributed by atoms with Gasteiger partial charge in [-0.3, -0.25) is 4.79 Å². The molecule has 0 aromatic carbocycles. The maximum atomic E-state index is 12.3. The van der Waals surface area contributed by atoms with Crippen LogP contribution in [-0.4, -0.2) is 22.0 Å². The number of nitrogens with zero attached hydrogens (tertiary/aromatic N) is 2. The van der Waals surface area contributed by atoms with Crippen LogP contribution < -0.4 is 5.32 Å². The van der Waals surface area contributed by atoms with Crippen molar-refractivity contribution in [3.63, 3.8) is 0 Å². The maximum Gasteiger partial charge on any atom is 0.223 e. The first-order valence-corrected chi connectivity index (χ1v) is 9.35. The number of nitrogens with one attached hydrogen (secondary N) is 1. The van der Waals surface area contributed by atoms with E-state index in [4.69, 9.17) is 0 Å². The third-order valence-corrected chi connectivity index (χ3v) is 4.95. The van der Waals surface area contributed by atoms with Crippen molar-refractivity contribution < 1.29 is 4.79 Å². The number of pyridine rings is 1. The van der Waals surface area contributed by atoms with E-state index in [2.05, 4.69) is 41.0 Å². The van der Waals surface area contributed by atoms with Crippen molar-refractivity contribution in [2.24, 2.45) is 11.8 Å². The number of amides is 1. The summed E-state index contributed by atoms with van der Waals surface area (Å²) < 4.78 is 2.25. The van der Waals surface area contributed by atoms with Gasteiger partial charge in [0, 0.05) is 36.8 Å². The van der Waals surface area contributed by atoms with Crippen molar-refractivity contribution in [3.05, 3.63) is 30.1 Å². The fraction of sp³-hybridized carbons (Fsp3) is 0.600. The lowest BCUT2D eigenvalue weighted by Gasteiger charge is -2.20. The average molecular weight is 327 g/mol. The van der Waals surface area contributed by atoms with E-state index in [1.54, 1.807) is 0 Å². The molecule has 1 aliphatic carbocycles. The second-order valence-electron chi connectivity index (χ2n) is 7.45. The number of aromatic nitrogens is 2. The molecule has 1 aliphatic rings. The van der Waals surface area contributed by atoms with Gasteiger partial charge in [0.15, 0.2) is 0 Å². The Balaban J connectivity index is 1.63. The molecule has 130 valence electrons. The van der Waals surface area contributed by atoms with E-state index < -0.39 is 0 Å². The summed E-state index contributed by atoms with van der Waals surface area (Å²) in [4.78, 5) is 16.8. The maximum absolute atomic E-state index is 12.3. The lowest BCUT2D eigenvalue weighted by Crippen LogP contribution is -2.33. The predicted octanol–water partition coefficient (Wildman–Crippen LogP) is 3.93. The van der Waals surface area contributed by atoms with Crippen LogP contribution in [0.15, 0.2) is 24.5 Å². The second-order valence-corrected chi connectivity index (χ2v) is 7.45.